The zero-order chi connectivity index (χ0) is 10.6. The van der Waals surface area contributed by atoms with Crippen LogP contribution in [0.3, 0.4) is 0 Å². The van der Waals surface area contributed by atoms with Crippen molar-refractivity contribution in [3.05, 3.63) is 35.9 Å². The van der Waals surface area contributed by atoms with E-state index in [1.807, 2.05) is 6.07 Å². The van der Waals surface area contributed by atoms with Crippen molar-refractivity contribution in [2.24, 2.45) is 0 Å². The Morgan fingerprint density at radius 3 is 2.50 bits per heavy atom. The van der Waals surface area contributed by atoms with Crippen molar-refractivity contribution in [1.82, 2.24) is 0 Å². The van der Waals surface area contributed by atoms with Crippen LogP contribution in [0.4, 0.5) is 0 Å². The normalized spacial score (nSPS) is 14.8. The molecule has 0 aliphatic carbocycles. The average Bonchev–Trinajstić information content (AvgIpc) is 2.19. The summed E-state index contributed by atoms with van der Waals surface area (Å²) < 4.78 is 0. The van der Waals surface area contributed by atoms with Crippen LogP contribution in [0.2, 0.25) is 0 Å². The van der Waals surface area contributed by atoms with Crippen molar-refractivity contribution in [1.29, 1.82) is 0 Å². The van der Waals surface area contributed by atoms with Crippen LogP contribution in [0, 0.1) is 0 Å². The van der Waals surface area contributed by atoms with Crippen LogP contribution in [-0.4, -0.2) is 22.4 Å². The smallest absolute Gasteiger partial charge is 0.165 e. The maximum Gasteiger partial charge on any atom is 0.165 e. The lowest BCUT2D eigenvalue weighted by atomic mass is 9.97. The quantitative estimate of drug-likeness (QED) is 0.614. The summed E-state index contributed by atoms with van der Waals surface area (Å²) in [5.41, 5.74) is -0.507. The monoisotopic (exact) mass is 212 g/mol. The molecule has 0 saturated heterocycles. The van der Waals surface area contributed by atoms with Crippen LogP contribution in [-0.2, 0) is 0 Å². The lowest BCUT2D eigenvalue weighted by Gasteiger charge is -2.18. The predicted octanol–water partition coefficient (Wildman–Crippen LogP) is 2.25. The van der Waals surface area contributed by atoms with Gasteiger partial charge >= 0.3 is 0 Å². The number of benzene rings is 1. The zero-order valence-corrected chi connectivity index (χ0v) is 8.79. The maximum absolute atomic E-state index is 11.6. The van der Waals surface area contributed by atoms with Gasteiger partial charge < -0.3 is 5.11 Å². The summed E-state index contributed by atoms with van der Waals surface area (Å²) in [6, 6.07) is 8.89. The summed E-state index contributed by atoms with van der Waals surface area (Å²) in [6.45, 7) is 1.56. The van der Waals surface area contributed by atoms with E-state index < -0.39 is 5.60 Å². The minimum absolute atomic E-state index is 0.0561. The molecule has 0 amide bonds. The Balaban J connectivity index is 2.69. The highest BCUT2D eigenvalue weighted by atomic mass is 35.5. The van der Waals surface area contributed by atoms with Crippen LogP contribution in [0.1, 0.15) is 23.7 Å². The standard InChI is InChI=1S/C11H13ClO2/c1-11(14,8-12)7-10(13)9-5-3-2-4-6-9/h2-6,14H,7-8H2,1H3. The molecule has 1 aromatic rings. The second-order valence-electron chi connectivity index (χ2n) is 3.60. The van der Waals surface area contributed by atoms with E-state index >= 15 is 0 Å². The predicted molar refractivity (Wildman–Crippen MR) is 56.7 cm³/mol. The molecule has 14 heavy (non-hydrogen) atoms. The number of carbonyl (C=O) groups excluding carboxylic acids is 1. The minimum atomic E-state index is -1.12. The molecular weight excluding hydrogens is 200 g/mol. The first-order valence-electron chi connectivity index (χ1n) is 4.42. The summed E-state index contributed by atoms with van der Waals surface area (Å²) in [5.74, 6) is -0.0257. The summed E-state index contributed by atoms with van der Waals surface area (Å²) in [7, 11) is 0. The summed E-state index contributed by atoms with van der Waals surface area (Å²) >= 11 is 5.52. The topological polar surface area (TPSA) is 37.3 Å². The Labute approximate surface area is 88.5 Å². The van der Waals surface area contributed by atoms with Gasteiger partial charge in [-0.05, 0) is 6.92 Å². The molecule has 1 atom stereocenters. The van der Waals surface area contributed by atoms with Crippen molar-refractivity contribution in [2.45, 2.75) is 18.9 Å². The molecule has 1 unspecified atom stereocenters. The molecule has 76 valence electrons. The number of Topliss-reactive ketones (excluding diaryl/α,β-unsaturated/α-hetero) is 1. The number of rotatable bonds is 4. The largest absolute Gasteiger partial charge is 0.388 e. The molecule has 0 radical (unpaired) electrons. The van der Waals surface area contributed by atoms with Crippen molar-refractivity contribution in [3.63, 3.8) is 0 Å². The van der Waals surface area contributed by atoms with Crippen LogP contribution in [0.15, 0.2) is 30.3 Å². The number of aliphatic hydroxyl groups is 1. The number of ketones is 1. The van der Waals surface area contributed by atoms with Gasteiger partial charge in [-0.1, -0.05) is 30.3 Å². The number of hydrogen-bond donors (Lipinski definition) is 1. The molecule has 0 aliphatic rings. The number of carbonyl (C=O) groups is 1. The van der Waals surface area contributed by atoms with E-state index in [0.717, 1.165) is 0 Å². The molecule has 3 heteroatoms. The fourth-order valence-corrected chi connectivity index (χ4v) is 1.21. The van der Waals surface area contributed by atoms with Crippen LogP contribution < -0.4 is 0 Å². The van der Waals surface area contributed by atoms with E-state index in [-0.39, 0.29) is 18.1 Å². The van der Waals surface area contributed by atoms with E-state index in [1.165, 1.54) is 0 Å². The molecule has 1 N–H and O–H groups in total. The minimum Gasteiger partial charge on any atom is -0.388 e. The van der Waals surface area contributed by atoms with Gasteiger partial charge in [0, 0.05) is 12.0 Å². The lowest BCUT2D eigenvalue weighted by molar-refractivity contribution is 0.0608. The molecule has 0 saturated carbocycles. The molecule has 0 heterocycles. The van der Waals surface area contributed by atoms with Crippen LogP contribution in [0.5, 0.6) is 0 Å². The molecule has 0 aromatic heterocycles. The van der Waals surface area contributed by atoms with E-state index in [1.54, 1.807) is 31.2 Å². The second kappa shape index (κ2) is 4.58. The number of halogens is 1. The Morgan fingerprint density at radius 2 is 2.00 bits per heavy atom. The van der Waals surface area contributed by atoms with Gasteiger partial charge in [-0.3, -0.25) is 4.79 Å². The Kier molecular flexibility index (Phi) is 3.67. The maximum atomic E-state index is 11.6. The average molecular weight is 213 g/mol. The first-order valence-corrected chi connectivity index (χ1v) is 4.95. The third kappa shape index (κ3) is 3.13. The van der Waals surface area contributed by atoms with Crippen LogP contribution >= 0.6 is 11.6 Å². The second-order valence-corrected chi connectivity index (χ2v) is 3.86. The molecule has 2 nitrogen and oxygen atoms in total. The summed E-state index contributed by atoms with van der Waals surface area (Å²) in [4.78, 5) is 11.6. The third-order valence-corrected chi connectivity index (χ3v) is 2.50. The summed E-state index contributed by atoms with van der Waals surface area (Å²) in [6.07, 6.45) is 0.0561. The first kappa shape index (κ1) is 11.2. The zero-order valence-electron chi connectivity index (χ0n) is 8.03. The van der Waals surface area contributed by atoms with Gasteiger partial charge in [0.05, 0.1) is 11.5 Å². The van der Waals surface area contributed by atoms with E-state index in [9.17, 15) is 9.90 Å². The van der Waals surface area contributed by atoms with E-state index in [0.29, 0.717) is 5.56 Å². The van der Waals surface area contributed by atoms with E-state index in [4.69, 9.17) is 11.6 Å². The number of alkyl halides is 1. The Bertz CT molecular complexity index is 306. The molecule has 0 bridgehead atoms. The molecule has 0 fully saturated rings. The van der Waals surface area contributed by atoms with Gasteiger partial charge in [0.25, 0.3) is 0 Å². The fourth-order valence-electron chi connectivity index (χ4n) is 1.12. The first-order chi connectivity index (χ1) is 6.55. The van der Waals surface area contributed by atoms with E-state index in [2.05, 4.69) is 0 Å². The van der Waals surface area contributed by atoms with Crippen molar-refractivity contribution in [2.75, 3.05) is 5.88 Å². The van der Waals surface area contributed by atoms with Gasteiger partial charge in [-0.2, -0.15) is 0 Å². The Hall–Kier alpha value is -0.860. The van der Waals surface area contributed by atoms with Gasteiger partial charge in [0.1, 0.15) is 0 Å². The summed E-state index contributed by atoms with van der Waals surface area (Å²) in [5, 5.41) is 9.60. The SMILES string of the molecule is CC(O)(CCl)CC(=O)c1ccccc1. The molecule has 1 aromatic carbocycles. The Morgan fingerprint density at radius 1 is 1.43 bits per heavy atom. The fraction of sp³-hybridized carbons (Fsp3) is 0.364. The van der Waals surface area contributed by atoms with Gasteiger partial charge in [0.15, 0.2) is 5.78 Å². The highest BCUT2D eigenvalue weighted by Gasteiger charge is 2.23. The van der Waals surface area contributed by atoms with Crippen molar-refractivity contribution < 1.29 is 9.90 Å². The van der Waals surface area contributed by atoms with Crippen molar-refractivity contribution >= 4 is 17.4 Å². The van der Waals surface area contributed by atoms with Crippen LogP contribution in [0.25, 0.3) is 0 Å². The molecular formula is C11H13ClO2. The van der Waals surface area contributed by atoms with Gasteiger partial charge in [-0.15, -0.1) is 11.6 Å². The highest BCUT2D eigenvalue weighted by molar-refractivity contribution is 6.18. The lowest BCUT2D eigenvalue weighted by Crippen LogP contribution is -2.29. The molecule has 0 spiro atoms. The third-order valence-electron chi connectivity index (χ3n) is 1.93. The van der Waals surface area contributed by atoms with Gasteiger partial charge in [-0.25, -0.2) is 0 Å². The number of hydrogen-bond acceptors (Lipinski definition) is 2. The highest BCUT2D eigenvalue weighted by Crippen LogP contribution is 2.15. The van der Waals surface area contributed by atoms with Gasteiger partial charge in [0.2, 0.25) is 0 Å². The molecule has 0 aliphatic heterocycles. The molecule has 1 rings (SSSR count). The van der Waals surface area contributed by atoms with Crippen molar-refractivity contribution in [3.8, 4) is 0 Å².